The van der Waals surface area contributed by atoms with Crippen molar-refractivity contribution in [3.63, 3.8) is 0 Å². The fourth-order valence-electron chi connectivity index (χ4n) is 2.34. The average Bonchev–Trinajstić information content (AvgIpc) is 3.10. The molecular weight excluding hydrogens is 304 g/mol. The van der Waals surface area contributed by atoms with Crippen molar-refractivity contribution in [2.75, 3.05) is 5.75 Å². The van der Waals surface area contributed by atoms with Gasteiger partial charge in [0, 0.05) is 23.6 Å². The summed E-state index contributed by atoms with van der Waals surface area (Å²) in [4.78, 5) is 4.07. The number of nitrogens with zero attached hydrogens (tertiary/aromatic N) is 4. The van der Waals surface area contributed by atoms with Crippen molar-refractivity contribution in [1.82, 2.24) is 19.7 Å². The number of aromatic nitrogens is 4. The molecule has 0 radical (unpaired) electrons. The van der Waals surface area contributed by atoms with E-state index >= 15 is 0 Å². The third-order valence-corrected chi connectivity index (χ3v) is 4.64. The highest BCUT2D eigenvalue weighted by Crippen LogP contribution is 2.25. The summed E-state index contributed by atoms with van der Waals surface area (Å²) in [5, 5.41) is 9.80. The van der Waals surface area contributed by atoms with Gasteiger partial charge in [-0.1, -0.05) is 25.5 Å². The van der Waals surface area contributed by atoms with E-state index in [0.717, 1.165) is 33.3 Å². The highest BCUT2D eigenvalue weighted by molar-refractivity contribution is 7.99. The van der Waals surface area contributed by atoms with Crippen LogP contribution in [0.5, 0.6) is 0 Å². The van der Waals surface area contributed by atoms with Crippen molar-refractivity contribution in [2.45, 2.75) is 31.7 Å². The minimum Gasteiger partial charge on any atom is -0.306 e. The van der Waals surface area contributed by atoms with Crippen LogP contribution in [0.15, 0.2) is 54.1 Å². The molecule has 2 heterocycles. The van der Waals surface area contributed by atoms with E-state index in [1.165, 1.54) is 12.8 Å². The van der Waals surface area contributed by atoms with Gasteiger partial charge in [-0.2, -0.15) is 0 Å². The zero-order chi connectivity index (χ0) is 16.1. The molecule has 4 nitrogen and oxygen atoms in total. The number of unbranched alkanes of at least 4 members (excludes halogenated alkanes) is 1. The molecule has 0 unspecified atom stereocenters. The molecule has 0 bridgehead atoms. The summed E-state index contributed by atoms with van der Waals surface area (Å²) in [6.07, 6.45) is 7.92. The van der Waals surface area contributed by atoms with E-state index in [0.29, 0.717) is 0 Å². The van der Waals surface area contributed by atoms with Gasteiger partial charge in [0.2, 0.25) is 0 Å². The van der Waals surface area contributed by atoms with Gasteiger partial charge in [-0.15, -0.1) is 22.0 Å². The summed E-state index contributed by atoms with van der Waals surface area (Å²) < 4.78 is 1.98. The first-order valence-corrected chi connectivity index (χ1v) is 8.82. The Bertz CT molecular complexity index is 751. The van der Waals surface area contributed by atoms with Crippen molar-refractivity contribution in [3.8, 4) is 16.9 Å². The summed E-state index contributed by atoms with van der Waals surface area (Å²) in [6.45, 7) is 4.30. The molecule has 0 aliphatic rings. The number of aryl methyl sites for hydroxylation is 1. The van der Waals surface area contributed by atoms with E-state index in [4.69, 9.17) is 0 Å². The van der Waals surface area contributed by atoms with Gasteiger partial charge in [-0.3, -0.25) is 0 Å². The molecule has 0 atom stereocenters. The molecule has 0 saturated heterocycles. The van der Waals surface area contributed by atoms with Crippen LogP contribution in [0.1, 0.15) is 25.3 Å². The third-order valence-electron chi connectivity index (χ3n) is 3.65. The predicted molar refractivity (Wildman–Crippen MR) is 95.0 cm³/mol. The van der Waals surface area contributed by atoms with E-state index in [2.05, 4.69) is 59.4 Å². The predicted octanol–water partition coefficient (Wildman–Crippen LogP) is 4.53. The van der Waals surface area contributed by atoms with Crippen LogP contribution >= 0.6 is 11.8 Å². The zero-order valence-electron chi connectivity index (χ0n) is 13.4. The number of thioether (sulfide) groups is 1. The second kappa shape index (κ2) is 7.42. The standard InChI is InChI=1S/C18H20N4S/c1-3-4-11-23-17-12-14(2)18(21-20-17)15-5-7-16(8-6-15)22-10-9-19-13-22/h5-10,12-13H,3-4,11H2,1-2H3. The Hall–Kier alpha value is -2.14. The molecule has 0 N–H and O–H groups in total. The van der Waals surface area contributed by atoms with Gasteiger partial charge in [-0.25, -0.2) is 4.98 Å². The van der Waals surface area contributed by atoms with Crippen LogP contribution in [-0.4, -0.2) is 25.5 Å². The minimum atomic E-state index is 0.946. The highest BCUT2D eigenvalue weighted by atomic mass is 32.2. The number of imidazole rings is 1. The summed E-state index contributed by atoms with van der Waals surface area (Å²) in [6, 6.07) is 10.4. The monoisotopic (exact) mass is 324 g/mol. The lowest BCUT2D eigenvalue weighted by atomic mass is 10.1. The summed E-state index contributed by atoms with van der Waals surface area (Å²) in [5.41, 5.74) is 4.28. The van der Waals surface area contributed by atoms with Crippen LogP contribution in [0.4, 0.5) is 0 Å². The second-order valence-electron chi connectivity index (χ2n) is 5.43. The molecule has 0 fully saturated rings. The third kappa shape index (κ3) is 3.79. The molecule has 0 spiro atoms. The van der Waals surface area contributed by atoms with Gasteiger partial charge in [0.15, 0.2) is 0 Å². The van der Waals surface area contributed by atoms with Gasteiger partial charge in [0.25, 0.3) is 0 Å². The van der Waals surface area contributed by atoms with Crippen LogP contribution < -0.4 is 0 Å². The Morgan fingerprint density at radius 1 is 1.13 bits per heavy atom. The Morgan fingerprint density at radius 3 is 2.61 bits per heavy atom. The number of rotatable bonds is 6. The van der Waals surface area contributed by atoms with E-state index < -0.39 is 0 Å². The van der Waals surface area contributed by atoms with Gasteiger partial charge < -0.3 is 4.57 Å². The van der Waals surface area contributed by atoms with Crippen molar-refractivity contribution in [1.29, 1.82) is 0 Å². The van der Waals surface area contributed by atoms with Crippen LogP contribution in [0.2, 0.25) is 0 Å². The van der Waals surface area contributed by atoms with E-state index in [-0.39, 0.29) is 0 Å². The van der Waals surface area contributed by atoms with Gasteiger partial charge in [0.1, 0.15) is 5.03 Å². The lowest BCUT2D eigenvalue weighted by Crippen LogP contribution is -1.95. The topological polar surface area (TPSA) is 43.6 Å². The first kappa shape index (κ1) is 15.7. The molecule has 23 heavy (non-hydrogen) atoms. The number of hydrogen-bond donors (Lipinski definition) is 0. The molecule has 0 aliphatic heterocycles. The van der Waals surface area contributed by atoms with E-state index in [9.17, 15) is 0 Å². The van der Waals surface area contributed by atoms with Crippen molar-refractivity contribution < 1.29 is 0 Å². The van der Waals surface area contributed by atoms with Crippen molar-refractivity contribution in [3.05, 3.63) is 54.6 Å². The van der Waals surface area contributed by atoms with Crippen LogP contribution in [0.3, 0.4) is 0 Å². The summed E-state index contributed by atoms with van der Waals surface area (Å²) in [7, 11) is 0. The van der Waals surface area contributed by atoms with Gasteiger partial charge in [-0.05, 0) is 42.9 Å². The molecule has 118 valence electrons. The molecule has 3 rings (SSSR count). The molecule has 3 aromatic rings. The fourth-order valence-corrected chi connectivity index (χ4v) is 3.34. The fraction of sp³-hybridized carbons (Fsp3) is 0.278. The molecule has 0 amide bonds. The van der Waals surface area contributed by atoms with E-state index in [1.54, 1.807) is 24.3 Å². The van der Waals surface area contributed by atoms with Crippen LogP contribution in [0.25, 0.3) is 16.9 Å². The van der Waals surface area contributed by atoms with Gasteiger partial charge >= 0.3 is 0 Å². The largest absolute Gasteiger partial charge is 0.306 e. The maximum Gasteiger partial charge on any atom is 0.119 e. The highest BCUT2D eigenvalue weighted by Gasteiger charge is 2.07. The van der Waals surface area contributed by atoms with Gasteiger partial charge in [0.05, 0.1) is 12.0 Å². The summed E-state index contributed by atoms with van der Waals surface area (Å²) >= 11 is 1.78. The number of benzene rings is 1. The molecular formula is C18H20N4S. The first-order valence-electron chi connectivity index (χ1n) is 7.84. The quantitative estimate of drug-likeness (QED) is 0.493. The lowest BCUT2D eigenvalue weighted by molar-refractivity contribution is 0.885. The molecule has 2 aromatic heterocycles. The average molecular weight is 324 g/mol. The minimum absolute atomic E-state index is 0.946. The van der Waals surface area contributed by atoms with E-state index in [1.807, 2.05) is 10.8 Å². The SMILES string of the molecule is CCCCSc1cc(C)c(-c2ccc(-n3ccnc3)cc2)nn1. The maximum atomic E-state index is 4.43. The van der Waals surface area contributed by atoms with Crippen molar-refractivity contribution >= 4 is 11.8 Å². The Labute approximate surface area is 141 Å². The van der Waals surface area contributed by atoms with Crippen molar-refractivity contribution in [2.24, 2.45) is 0 Å². The molecule has 0 aliphatic carbocycles. The summed E-state index contributed by atoms with van der Waals surface area (Å²) in [5.74, 6) is 1.10. The molecule has 1 aromatic carbocycles. The smallest absolute Gasteiger partial charge is 0.119 e. The molecule has 0 saturated carbocycles. The Balaban J connectivity index is 1.78. The Morgan fingerprint density at radius 2 is 1.96 bits per heavy atom. The normalized spacial score (nSPS) is 10.9. The second-order valence-corrected chi connectivity index (χ2v) is 6.55. The Kier molecular flexibility index (Phi) is 5.08. The number of hydrogen-bond acceptors (Lipinski definition) is 4. The molecule has 5 heteroatoms. The van der Waals surface area contributed by atoms with Crippen LogP contribution in [-0.2, 0) is 0 Å². The maximum absolute atomic E-state index is 4.43. The first-order chi connectivity index (χ1) is 11.3. The lowest BCUT2D eigenvalue weighted by Gasteiger charge is -2.08. The van der Waals surface area contributed by atoms with Crippen LogP contribution in [0, 0.1) is 6.92 Å². The zero-order valence-corrected chi connectivity index (χ0v) is 14.3.